The van der Waals surface area contributed by atoms with Crippen molar-refractivity contribution >= 4 is 16.9 Å². The van der Waals surface area contributed by atoms with Gasteiger partial charge >= 0.3 is 0 Å². The molecule has 128 valence electrons. The van der Waals surface area contributed by atoms with Crippen molar-refractivity contribution in [3.63, 3.8) is 0 Å². The quantitative estimate of drug-likeness (QED) is 0.908. The zero-order valence-electron chi connectivity index (χ0n) is 14.1. The summed E-state index contributed by atoms with van der Waals surface area (Å²) in [6.07, 6.45) is 7.06. The summed E-state index contributed by atoms with van der Waals surface area (Å²) in [7, 11) is 0. The maximum Gasteiger partial charge on any atom is 0.234 e. The largest absolute Gasteiger partial charge is 0.352 e. The first-order valence-electron chi connectivity index (χ1n) is 9.24. The van der Waals surface area contributed by atoms with Crippen LogP contribution in [-0.4, -0.2) is 46.5 Å². The van der Waals surface area contributed by atoms with Gasteiger partial charge in [-0.05, 0) is 44.4 Å². The molecule has 1 amide bonds. The fourth-order valence-electron chi connectivity index (χ4n) is 4.13. The number of aromatic amines is 1. The van der Waals surface area contributed by atoms with E-state index in [0.717, 1.165) is 55.6 Å². The van der Waals surface area contributed by atoms with E-state index in [-0.39, 0.29) is 5.91 Å². The fraction of sp³-hybridized carbons (Fsp3) is 0.579. The molecule has 1 aromatic heterocycles. The van der Waals surface area contributed by atoms with Gasteiger partial charge < -0.3 is 10.3 Å². The van der Waals surface area contributed by atoms with E-state index < -0.39 is 0 Å². The molecule has 0 unspecified atom stereocenters. The van der Waals surface area contributed by atoms with Gasteiger partial charge in [0.15, 0.2) is 0 Å². The Morgan fingerprint density at radius 2 is 2.04 bits per heavy atom. The van der Waals surface area contributed by atoms with E-state index in [9.17, 15) is 4.79 Å². The van der Waals surface area contributed by atoms with E-state index in [1.807, 2.05) is 18.2 Å². The monoisotopic (exact) mass is 326 g/mol. The molecule has 4 rings (SSSR count). The Hall–Kier alpha value is -1.88. The van der Waals surface area contributed by atoms with Gasteiger partial charge in [0, 0.05) is 18.5 Å². The molecule has 5 heteroatoms. The van der Waals surface area contributed by atoms with Gasteiger partial charge in [0.25, 0.3) is 0 Å². The highest BCUT2D eigenvalue weighted by molar-refractivity contribution is 5.78. The summed E-state index contributed by atoms with van der Waals surface area (Å²) in [6, 6.07) is 8.58. The van der Waals surface area contributed by atoms with Gasteiger partial charge in [-0.25, -0.2) is 4.98 Å². The minimum atomic E-state index is 0.187. The number of likely N-dealkylation sites (tertiary alicyclic amines) is 1. The van der Waals surface area contributed by atoms with Gasteiger partial charge in [-0.2, -0.15) is 0 Å². The van der Waals surface area contributed by atoms with Crippen molar-refractivity contribution in [3.8, 4) is 0 Å². The summed E-state index contributed by atoms with van der Waals surface area (Å²) in [4.78, 5) is 22.8. The molecule has 0 bridgehead atoms. The number of nitrogens with one attached hydrogen (secondary N) is 2. The Morgan fingerprint density at radius 1 is 1.21 bits per heavy atom. The number of aromatic nitrogens is 2. The zero-order valence-corrected chi connectivity index (χ0v) is 14.1. The Morgan fingerprint density at radius 3 is 2.88 bits per heavy atom. The van der Waals surface area contributed by atoms with Crippen LogP contribution in [0.15, 0.2) is 24.3 Å². The first kappa shape index (κ1) is 15.6. The number of rotatable bonds is 4. The molecule has 2 aromatic rings. The highest BCUT2D eigenvalue weighted by Crippen LogP contribution is 2.26. The predicted molar refractivity (Wildman–Crippen MR) is 94.9 cm³/mol. The molecule has 0 spiro atoms. The van der Waals surface area contributed by atoms with Gasteiger partial charge in [-0.3, -0.25) is 9.69 Å². The third-order valence-electron chi connectivity index (χ3n) is 5.39. The number of amides is 1. The number of hydrogen-bond acceptors (Lipinski definition) is 3. The minimum absolute atomic E-state index is 0.187. The summed E-state index contributed by atoms with van der Waals surface area (Å²) >= 11 is 0. The first-order valence-corrected chi connectivity index (χ1v) is 9.24. The van der Waals surface area contributed by atoms with E-state index in [0.29, 0.717) is 18.5 Å². The van der Waals surface area contributed by atoms with Gasteiger partial charge in [-0.1, -0.05) is 25.0 Å². The van der Waals surface area contributed by atoms with E-state index in [1.54, 1.807) is 0 Å². The number of piperidine rings is 1. The number of benzene rings is 1. The number of carbonyl (C=O) groups is 1. The molecule has 0 radical (unpaired) electrons. The van der Waals surface area contributed by atoms with Crippen molar-refractivity contribution in [2.45, 2.75) is 50.5 Å². The average Bonchev–Trinajstić information content (AvgIpc) is 3.24. The maximum absolute atomic E-state index is 12.3. The zero-order chi connectivity index (χ0) is 16.4. The Balaban J connectivity index is 1.37. The second-order valence-corrected chi connectivity index (χ2v) is 7.26. The lowest BCUT2D eigenvalue weighted by atomic mass is 9.97. The fourth-order valence-corrected chi connectivity index (χ4v) is 4.13. The molecule has 5 nitrogen and oxygen atoms in total. The van der Waals surface area contributed by atoms with Gasteiger partial charge in [0.2, 0.25) is 5.91 Å². The summed E-state index contributed by atoms with van der Waals surface area (Å²) < 4.78 is 0. The molecule has 1 saturated carbocycles. The van der Waals surface area contributed by atoms with Crippen molar-refractivity contribution in [2.75, 3.05) is 19.6 Å². The van der Waals surface area contributed by atoms with Crippen LogP contribution in [0.4, 0.5) is 0 Å². The highest BCUT2D eigenvalue weighted by atomic mass is 16.2. The second kappa shape index (κ2) is 6.93. The molecule has 2 aliphatic rings. The number of hydrogen-bond donors (Lipinski definition) is 2. The van der Waals surface area contributed by atoms with Gasteiger partial charge in [0.1, 0.15) is 5.82 Å². The lowest BCUT2D eigenvalue weighted by molar-refractivity contribution is -0.123. The summed E-state index contributed by atoms with van der Waals surface area (Å²) in [5.41, 5.74) is 2.13. The predicted octanol–water partition coefficient (Wildman–Crippen LogP) is 2.80. The minimum Gasteiger partial charge on any atom is -0.352 e. The molecule has 2 N–H and O–H groups in total. The van der Waals surface area contributed by atoms with E-state index >= 15 is 0 Å². The van der Waals surface area contributed by atoms with Crippen LogP contribution in [0.3, 0.4) is 0 Å². The van der Waals surface area contributed by atoms with Crippen LogP contribution < -0.4 is 5.32 Å². The smallest absolute Gasteiger partial charge is 0.234 e. The SMILES string of the molecule is O=C(CN1CCC[C@@H](c2nc3ccccc3[nH]2)C1)NC1CCCC1. The standard InChI is InChI=1S/C19H26N4O/c24-18(20-15-7-1-2-8-15)13-23-11-5-6-14(12-23)19-21-16-9-3-4-10-17(16)22-19/h3-4,9-10,14-15H,1-2,5-8,11-13H2,(H,20,24)(H,21,22)/t14-/m1/s1. The second-order valence-electron chi connectivity index (χ2n) is 7.26. The van der Waals surface area contributed by atoms with Gasteiger partial charge in [0.05, 0.1) is 17.6 Å². The first-order chi connectivity index (χ1) is 11.8. The molecule has 24 heavy (non-hydrogen) atoms. The van der Waals surface area contributed by atoms with E-state index in [4.69, 9.17) is 4.98 Å². The topological polar surface area (TPSA) is 61.0 Å². The molecule has 1 saturated heterocycles. The third kappa shape index (κ3) is 3.46. The molecule has 1 atom stereocenters. The number of carbonyl (C=O) groups excluding carboxylic acids is 1. The van der Waals surface area contributed by atoms with Crippen LogP contribution in [0.1, 0.15) is 50.3 Å². The number of H-pyrrole nitrogens is 1. The van der Waals surface area contributed by atoms with Crippen LogP contribution in [0.2, 0.25) is 0 Å². The maximum atomic E-state index is 12.3. The third-order valence-corrected chi connectivity index (χ3v) is 5.39. The van der Waals surface area contributed by atoms with Crippen molar-refractivity contribution in [1.82, 2.24) is 20.2 Å². The van der Waals surface area contributed by atoms with Crippen molar-refractivity contribution in [2.24, 2.45) is 0 Å². The average molecular weight is 326 g/mol. The lowest BCUT2D eigenvalue weighted by Gasteiger charge is -2.31. The summed E-state index contributed by atoms with van der Waals surface area (Å²) in [5.74, 6) is 1.65. The molecule has 2 fully saturated rings. The lowest BCUT2D eigenvalue weighted by Crippen LogP contribution is -2.44. The normalized spacial score (nSPS) is 22.9. The molecule has 1 aromatic carbocycles. The van der Waals surface area contributed by atoms with Crippen LogP contribution in [0, 0.1) is 0 Å². The summed E-state index contributed by atoms with van der Waals surface area (Å²) in [6.45, 7) is 2.44. The van der Waals surface area contributed by atoms with Crippen LogP contribution in [0.5, 0.6) is 0 Å². The number of para-hydroxylation sites is 2. The molecule has 1 aliphatic heterocycles. The molecular formula is C19H26N4O. The Kier molecular flexibility index (Phi) is 4.52. The van der Waals surface area contributed by atoms with E-state index in [2.05, 4.69) is 21.3 Å². The number of fused-ring (bicyclic) bond motifs is 1. The molecular weight excluding hydrogens is 300 g/mol. The van der Waals surface area contributed by atoms with Crippen molar-refractivity contribution in [1.29, 1.82) is 0 Å². The Bertz CT molecular complexity index is 671. The van der Waals surface area contributed by atoms with Crippen LogP contribution in [-0.2, 0) is 4.79 Å². The van der Waals surface area contributed by atoms with Crippen LogP contribution >= 0.6 is 0 Å². The van der Waals surface area contributed by atoms with Crippen molar-refractivity contribution < 1.29 is 4.79 Å². The van der Waals surface area contributed by atoms with E-state index in [1.165, 1.54) is 12.8 Å². The summed E-state index contributed by atoms with van der Waals surface area (Å²) in [5, 5.41) is 3.20. The number of nitrogens with zero attached hydrogens (tertiary/aromatic N) is 2. The van der Waals surface area contributed by atoms with Crippen LogP contribution in [0.25, 0.3) is 11.0 Å². The van der Waals surface area contributed by atoms with Crippen molar-refractivity contribution in [3.05, 3.63) is 30.1 Å². The van der Waals surface area contributed by atoms with Gasteiger partial charge in [-0.15, -0.1) is 0 Å². The number of imidazole rings is 1. The molecule has 1 aliphatic carbocycles. The highest BCUT2D eigenvalue weighted by Gasteiger charge is 2.26. The Labute approximate surface area is 142 Å². The molecule has 2 heterocycles.